The first-order chi connectivity index (χ1) is 14.6. The molecule has 8 heteroatoms. The molecule has 0 radical (unpaired) electrons. The van der Waals surface area contributed by atoms with Crippen molar-refractivity contribution < 1.29 is 19.1 Å². The standard InChI is InChI=1S/C23H28N4O4/c1-23(2,3)31-20(28)11-14-10-16-12-18(8-9-19(16)30-13-14)26-21(29)15-4-6-17(7-5-15)27-22(24)25/h4-9,12,14H,10-11,13H2,1-3H3,(H,26,29)(H4,24,25,27). The molecule has 0 saturated heterocycles. The Kier molecular flexibility index (Phi) is 6.48. The van der Waals surface area contributed by atoms with Crippen LogP contribution >= 0.6 is 0 Å². The Labute approximate surface area is 181 Å². The van der Waals surface area contributed by atoms with Gasteiger partial charge in [-0.1, -0.05) is 0 Å². The van der Waals surface area contributed by atoms with Crippen molar-refractivity contribution in [2.24, 2.45) is 22.4 Å². The first kappa shape index (κ1) is 22.1. The van der Waals surface area contributed by atoms with Gasteiger partial charge in [-0.15, -0.1) is 0 Å². The number of carbonyl (C=O) groups is 2. The quantitative estimate of drug-likeness (QED) is 0.384. The molecular formula is C23H28N4O4. The topological polar surface area (TPSA) is 129 Å². The second kappa shape index (κ2) is 9.07. The van der Waals surface area contributed by atoms with Gasteiger partial charge in [0.05, 0.1) is 18.7 Å². The highest BCUT2D eigenvalue weighted by molar-refractivity contribution is 6.04. The summed E-state index contributed by atoms with van der Waals surface area (Å²) in [6, 6.07) is 12.1. The summed E-state index contributed by atoms with van der Waals surface area (Å²) in [4.78, 5) is 28.6. The minimum atomic E-state index is -0.510. The normalized spacial score (nSPS) is 15.3. The van der Waals surface area contributed by atoms with Gasteiger partial charge in [0.15, 0.2) is 5.96 Å². The Bertz CT molecular complexity index is 990. The van der Waals surface area contributed by atoms with E-state index < -0.39 is 5.60 Å². The number of anilines is 1. The Morgan fingerprint density at radius 3 is 2.52 bits per heavy atom. The number of carbonyl (C=O) groups excluding carboxylic acids is 2. The third-order valence-electron chi connectivity index (χ3n) is 4.56. The number of fused-ring (bicyclic) bond motifs is 1. The summed E-state index contributed by atoms with van der Waals surface area (Å²) in [5.74, 6) is 0.256. The Morgan fingerprint density at radius 2 is 1.87 bits per heavy atom. The molecule has 8 nitrogen and oxygen atoms in total. The number of aliphatic imine (C=N–C) groups is 1. The number of guanidine groups is 1. The summed E-state index contributed by atoms with van der Waals surface area (Å²) in [6.45, 7) is 6.00. The third-order valence-corrected chi connectivity index (χ3v) is 4.56. The Hall–Kier alpha value is -3.55. The average Bonchev–Trinajstić information content (AvgIpc) is 2.66. The SMILES string of the molecule is CC(C)(C)OC(=O)CC1COc2ccc(NC(=O)c3ccc(N=C(N)N)cc3)cc2C1. The molecule has 1 aliphatic heterocycles. The van der Waals surface area contributed by atoms with Gasteiger partial charge < -0.3 is 26.3 Å². The lowest BCUT2D eigenvalue weighted by molar-refractivity contribution is -0.156. The zero-order valence-corrected chi connectivity index (χ0v) is 18.0. The molecule has 3 rings (SSSR count). The maximum absolute atomic E-state index is 12.6. The molecule has 0 fully saturated rings. The van der Waals surface area contributed by atoms with E-state index in [2.05, 4.69) is 10.3 Å². The van der Waals surface area contributed by atoms with Crippen LogP contribution in [0.25, 0.3) is 0 Å². The number of nitrogens with zero attached hydrogens (tertiary/aromatic N) is 1. The van der Waals surface area contributed by atoms with Crippen molar-refractivity contribution in [3.05, 3.63) is 53.6 Å². The Balaban J connectivity index is 1.64. The molecule has 0 saturated carbocycles. The smallest absolute Gasteiger partial charge is 0.306 e. The fraction of sp³-hybridized carbons (Fsp3) is 0.348. The highest BCUT2D eigenvalue weighted by atomic mass is 16.6. The third kappa shape index (κ3) is 6.47. The molecule has 1 heterocycles. The van der Waals surface area contributed by atoms with Crippen molar-refractivity contribution in [2.45, 2.75) is 39.2 Å². The lowest BCUT2D eigenvalue weighted by Crippen LogP contribution is -2.29. The van der Waals surface area contributed by atoms with Crippen LogP contribution < -0.4 is 21.5 Å². The first-order valence-corrected chi connectivity index (χ1v) is 10.1. The number of benzene rings is 2. The zero-order chi connectivity index (χ0) is 22.6. The summed E-state index contributed by atoms with van der Waals surface area (Å²) in [5, 5.41) is 2.88. The summed E-state index contributed by atoms with van der Waals surface area (Å²) >= 11 is 0. The molecule has 2 aromatic carbocycles. The van der Waals surface area contributed by atoms with Gasteiger partial charge in [-0.3, -0.25) is 9.59 Å². The number of amides is 1. The number of esters is 1. The molecule has 1 atom stereocenters. The van der Waals surface area contributed by atoms with Crippen molar-refractivity contribution in [3.63, 3.8) is 0 Å². The van der Waals surface area contributed by atoms with Crippen LogP contribution in [0.3, 0.4) is 0 Å². The maximum Gasteiger partial charge on any atom is 0.306 e. The van der Waals surface area contributed by atoms with Crippen molar-refractivity contribution in [2.75, 3.05) is 11.9 Å². The van der Waals surface area contributed by atoms with Crippen LogP contribution in [0, 0.1) is 5.92 Å². The van der Waals surface area contributed by atoms with Crippen LogP contribution in [0.15, 0.2) is 47.5 Å². The molecule has 164 valence electrons. The zero-order valence-electron chi connectivity index (χ0n) is 18.0. The fourth-order valence-electron chi connectivity index (χ4n) is 3.32. The van der Waals surface area contributed by atoms with Crippen LogP contribution in [0.2, 0.25) is 0 Å². The summed E-state index contributed by atoms with van der Waals surface area (Å²) in [6.07, 6.45) is 0.959. The molecule has 1 unspecified atom stereocenters. The van der Waals surface area contributed by atoms with E-state index in [1.165, 1.54) is 0 Å². The van der Waals surface area contributed by atoms with Crippen molar-refractivity contribution in [3.8, 4) is 5.75 Å². The van der Waals surface area contributed by atoms with Crippen LogP contribution in [0.4, 0.5) is 11.4 Å². The van der Waals surface area contributed by atoms with Crippen LogP contribution in [-0.4, -0.2) is 30.0 Å². The van der Waals surface area contributed by atoms with Gasteiger partial charge in [0.1, 0.15) is 11.4 Å². The fourth-order valence-corrected chi connectivity index (χ4v) is 3.32. The van der Waals surface area contributed by atoms with E-state index in [9.17, 15) is 9.59 Å². The van der Waals surface area contributed by atoms with E-state index >= 15 is 0 Å². The summed E-state index contributed by atoms with van der Waals surface area (Å²) < 4.78 is 11.2. The van der Waals surface area contributed by atoms with Gasteiger partial charge >= 0.3 is 5.97 Å². The number of nitrogens with two attached hydrogens (primary N) is 2. The monoisotopic (exact) mass is 424 g/mol. The summed E-state index contributed by atoms with van der Waals surface area (Å²) in [5.41, 5.74) is 12.8. The predicted molar refractivity (Wildman–Crippen MR) is 119 cm³/mol. The molecule has 0 bridgehead atoms. The van der Waals surface area contributed by atoms with Gasteiger partial charge in [0, 0.05) is 17.2 Å². The van der Waals surface area contributed by atoms with E-state index in [-0.39, 0.29) is 30.2 Å². The number of nitrogens with one attached hydrogen (secondary N) is 1. The second-order valence-electron chi connectivity index (χ2n) is 8.53. The second-order valence-corrected chi connectivity index (χ2v) is 8.53. The molecule has 2 aromatic rings. The molecule has 1 amide bonds. The highest BCUT2D eigenvalue weighted by Crippen LogP contribution is 2.31. The molecule has 1 aliphatic rings. The van der Waals surface area contributed by atoms with Crippen molar-refractivity contribution in [1.29, 1.82) is 0 Å². The van der Waals surface area contributed by atoms with Crippen molar-refractivity contribution in [1.82, 2.24) is 0 Å². The van der Waals surface area contributed by atoms with Crippen LogP contribution in [-0.2, 0) is 16.0 Å². The van der Waals surface area contributed by atoms with Gasteiger partial charge in [0.25, 0.3) is 5.91 Å². The van der Waals surface area contributed by atoms with Crippen LogP contribution in [0.1, 0.15) is 43.1 Å². The number of hydrogen-bond donors (Lipinski definition) is 3. The van der Waals surface area contributed by atoms with E-state index in [0.29, 0.717) is 30.0 Å². The van der Waals surface area contributed by atoms with Gasteiger partial charge in [0.2, 0.25) is 0 Å². The molecule has 5 N–H and O–H groups in total. The first-order valence-electron chi connectivity index (χ1n) is 10.1. The lowest BCUT2D eigenvalue weighted by atomic mass is 9.93. The molecular weight excluding hydrogens is 396 g/mol. The van der Waals surface area contributed by atoms with E-state index in [0.717, 1.165) is 11.3 Å². The van der Waals surface area contributed by atoms with Gasteiger partial charge in [-0.25, -0.2) is 4.99 Å². The lowest BCUT2D eigenvalue weighted by Gasteiger charge is -2.27. The highest BCUT2D eigenvalue weighted by Gasteiger charge is 2.25. The molecule has 0 spiro atoms. The molecule has 0 aliphatic carbocycles. The minimum absolute atomic E-state index is 0.0244. The van der Waals surface area contributed by atoms with Gasteiger partial charge in [-0.2, -0.15) is 0 Å². The largest absolute Gasteiger partial charge is 0.493 e. The van der Waals surface area contributed by atoms with Gasteiger partial charge in [-0.05, 0) is 75.2 Å². The van der Waals surface area contributed by atoms with E-state index in [4.69, 9.17) is 20.9 Å². The molecule has 0 aromatic heterocycles. The van der Waals surface area contributed by atoms with E-state index in [1.54, 1.807) is 30.3 Å². The predicted octanol–water partition coefficient (Wildman–Crippen LogP) is 3.13. The number of hydrogen-bond acceptors (Lipinski definition) is 5. The number of ether oxygens (including phenoxy) is 2. The van der Waals surface area contributed by atoms with Crippen molar-refractivity contribution >= 4 is 29.2 Å². The van der Waals surface area contributed by atoms with Crippen LogP contribution in [0.5, 0.6) is 5.75 Å². The maximum atomic E-state index is 12.6. The van der Waals surface area contributed by atoms with E-state index in [1.807, 2.05) is 32.9 Å². The summed E-state index contributed by atoms with van der Waals surface area (Å²) in [7, 11) is 0. The Morgan fingerprint density at radius 1 is 1.16 bits per heavy atom. The average molecular weight is 425 g/mol. The number of rotatable bonds is 5. The minimum Gasteiger partial charge on any atom is -0.493 e. The molecule has 31 heavy (non-hydrogen) atoms.